The van der Waals surface area contributed by atoms with Crippen LogP contribution in [0.3, 0.4) is 0 Å². The summed E-state index contributed by atoms with van der Waals surface area (Å²) in [4.78, 5) is 11.9. The summed E-state index contributed by atoms with van der Waals surface area (Å²) in [6.45, 7) is 2.19. The molecule has 2 rings (SSSR count). The van der Waals surface area contributed by atoms with Gasteiger partial charge in [0, 0.05) is 5.56 Å². The zero-order valence-electron chi connectivity index (χ0n) is 13.6. The van der Waals surface area contributed by atoms with E-state index in [-0.39, 0.29) is 5.91 Å². The second-order valence-electron chi connectivity index (χ2n) is 5.27. The molecule has 1 N–H and O–H groups in total. The van der Waals surface area contributed by atoms with Crippen molar-refractivity contribution in [2.75, 3.05) is 7.11 Å². The molecule has 0 fully saturated rings. The Bertz CT molecular complexity index is 646. The van der Waals surface area contributed by atoms with Crippen LogP contribution in [0.15, 0.2) is 53.6 Å². The molecule has 0 radical (unpaired) electrons. The van der Waals surface area contributed by atoms with Gasteiger partial charge in [0.2, 0.25) is 0 Å². The Kier molecular flexibility index (Phi) is 6.36. The number of aryl methyl sites for hydroxylation is 1. The molecule has 0 aliphatic carbocycles. The summed E-state index contributed by atoms with van der Waals surface area (Å²) < 4.78 is 5.06. The zero-order chi connectivity index (χ0) is 16.5. The lowest BCUT2D eigenvalue weighted by atomic mass is 10.1. The molecule has 1 amide bonds. The second-order valence-corrected chi connectivity index (χ2v) is 5.27. The summed E-state index contributed by atoms with van der Waals surface area (Å²) in [7, 11) is 1.59. The number of carbonyl (C=O) groups excluding carboxylic acids is 1. The van der Waals surface area contributed by atoms with Gasteiger partial charge < -0.3 is 4.74 Å². The van der Waals surface area contributed by atoms with E-state index in [1.54, 1.807) is 37.6 Å². The average Bonchev–Trinajstić information content (AvgIpc) is 2.61. The highest BCUT2D eigenvalue weighted by atomic mass is 16.5. The second kappa shape index (κ2) is 8.73. The highest BCUT2D eigenvalue weighted by Gasteiger charge is 2.03. The number of amides is 1. The van der Waals surface area contributed by atoms with Crippen LogP contribution in [-0.2, 0) is 6.42 Å². The summed E-state index contributed by atoms with van der Waals surface area (Å²) in [5, 5.41) is 4.00. The van der Waals surface area contributed by atoms with E-state index in [2.05, 4.69) is 29.6 Å². The molecule has 0 spiro atoms. The van der Waals surface area contributed by atoms with Gasteiger partial charge in [0.25, 0.3) is 5.91 Å². The predicted molar refractivity (Wildman–Crippen MR) is 93.1 cm³/mol. The van der Waals surface area contributed by atoms with Crippen molar-refractivity contribution in [1.82, 2.24) is 5.43 Å². The minimum absolute atomic E-state index is 0.247. The van der Waals surface area contributed by atoms with E-state index in [9.17, 15) is 4.79 Å². The van der Waals surface area contributed by atoms with Gasteiger partial charge in [0.15, 0.2) is 0 Å². The number of hydrazone groups is 1. The fraction of sp³-hybridized carbons (Fsp3) is 0.263. The van der Waals surface area contributed by atoms with Crippen molar-refractivity contribution in [2.24, 2.45) is 5.10 Å². The van der Waals surface area contributed by atoms with E-state index in [1.807, 2.05) is 12.1 Å². The molecular formula is C19H22N2O2. The summed E-state index contributed by atoms with van der Waals surface area (Å²) in [6, 6.07) is 15.1. The zero-order valence-corrected chi connectivity index (χ0v) is 13.6. The van der Waals surface area contributed by atoms with Crippen molar-refractivity contribution in [3.8, 4) is 5.75 Å². The molecule has 0 atom stereocenters. The van der Waals surface area contributed by atoms with E-state index in [1.165, 1.54) is 18.4 Å². The van der Waals surface area contributed by atoms with Crippen LogP contribution in [0.25, 0.3) is 0 Å². The van der Waals surface area contributed by atoms with Crippen LogP contribution in [0.5, 0.6) is 5.75 Å². The Hall–Kier alpha value is -2.62. The van der Waals surface area contributed by atoms with Crippen LogP contribution in [0.4, 0.5) is 0 Å². The minimum atomic E-state index is -0.247. The van der Waals surface area contributed by atoms with Crippen LogP contribution in [0.1, 0.15) is 41.3 Å². The van der Waals surface area contributed by atoms with Gasteiger partial charge in [-0.25, -0.2) is 5.43 Å². The lowest BCUT2D eigenvalue weighted by Crippen LogP contribution is -2.17. The maximum absolute atomic E-state index is 11.9. The topological polar surface area (TPSA) is 50.7 Å². The number of unbranched alkanes of at least 4 members (excludes halogenated alkanes) is 1. The number of methoxy groups -OCH3 is 1. The predicted octanol–water partition coefficient (Wildman–Crippen LogP) is 3.80. The number of benzene rings is 2. The largest absolute Gasteiger partial charge is 0.497 e. The lowest BCUT2D eigenvalue weighted by molar-refractivity contribution is 0.0955. The number of ether oxygens (including phenoxy) is 1. The van der Waals surface area contributed by atoms with Crippen LogP contribution in [-0.4, -0.2) is 19.2 Å². The lowest BCUT2D eigenvalue weighted by Gasteiger charge is -2.02. The first-order valence-electron chi connectivity index (χ1n) is 7.79. The molecule has 0 heterocycles. The minimum Gasteiger partial charge on any atom is -0.497 e. The number of nitrogens with one attached hydrogen (secondary N) is 1. The summed E-state index contributed by atoms with van der Waals surface area (Å²) >= 11 is 0. The number of hydrogen-bond acceptors (Lipinski definition) is 3. The summed E-state index contributed by atoms with van der Waals surface area (Å²) in [5.74, 6) is 0.469. The van der Waals surface area contributed by atoms with E-state index < -0.39 is 0 Å². The first kappa shape index (κ1) is 16.7. The summed E-state index contributed by atoms with van der Waals surface area (Å²) in [6.07, 6.45) is 5.14. The fourth-order valence-electron chi connectivity index (χ4n) is 2.12. The Morgan fingerprint density at radius 2 is 1.83 bits per heavy atom. The molecule has 2 aromatic rings. The molecule has 0 saturated heterocycles. The van der Waals surface area contributed by atoms with Crippen molar-refractivity contribution in [2.45, 2.75) is 26.2 Å². The normalized spacial score (nSPS) is 10.7. The standard InChI is InChI=1S/C19H22N2O2/c1-3-4-5-15-6-8-16(9-7-15)14-20-21-19(22)17-10-12-18(23-2)13-11-17/h6-14H,3-5H2,1-2H3,(H,21,22)/b20-14+. The number of carbonyl (C=O) groups is 1. The van der Waals surface area contributed by atoms with Crippen LogP contribution in [0, 0.1) is 0 Å². The highest BCUT2D eigenvalue weighted by Crippen LogP contribution is 2.11. The Labute approximate surface area is 137 Å². The van der Waals surface area contributed by atoms with Gasteiger partial charge in [0.1, 0.15) is 5.75 Å². The third-order valence-electron chi connectivity index (χ3n) is 3.53. The fourth-order valence-corrected chi connectivity index (χ4v) is 2.12. The SMILES string of the molecule is CCCCc1ccc(/C=N/NC(=O)c2ccc(OC)cc2)cc1. The van der Waals surface area contributed by atoms with Crippen molar-refractivity contribution < 1.29 is 9.53 Å². The molecule has 0 bridgehead atoms. The monoisotopic (exact) mass is 310 g/mol. The van der Waals surface area contributed by atoms with Crippen molar-refractivity contribution in [1.29, 1.82) is 0 Å². The summed E-state index contributed by atoms with van der Waals surface area (Å²) in [5.41, 5.74) is 5.35. The third kappa shape index (κ3) is 5.25. The van der Waals surface area contributed by atoms with Crippen molar-refractivity contribution in [3.63, 3.8) is 0 Å². The van der Waals surface area contributed by atoms with Gasteiger partial charge >= 0.3 is 0 Å². The first-order valence-corrected chi connectivity index (χ1v) is 7.79. The van der Waals surface area contributed by atoms with E-state index in [4.69, 9.17) is 4.74 Å². The van der Waals surface area contributed by atoms with Gasteiger partial charge in [-0.15, -0.1) is 0 Å². The molecule has 4 nitrogen and oxygen atoms in total. The van der Waals surface area contributed by atoms with Gasteiger partial charge in [0.05, 0.1) is 13.3 Å². The molecule has 23 heavy (non-hydrogen) atoms. The Morgan fingerprint density at radius 3 is 2.43 bits per heavy atom. The molecule has 4 heteroatoms. The molecule has 2 aromatic carbocycles. The van der Waals surface area contributed by atoms with Gasteiger partial charge in [-0.2, -0.15) is 5.10 Å². The molecule has 0 aromatic heterocycles. The highest BCUT2D eigenvalue weighted by molar-refractivity contribution is 5.94. The third-order valence-corrected chi connectivity index (χ3v) is 3.53. The average molecular weight is 310 g/mol. The first-order chi connectivity index (χ1) is 11.2. The molecule has 0 aliphatic rings. The molecular weight excluding hydrogens is 288 g/mol. The maximum atomic E-state index is 11.9. The molecule has 0 unspecified atom stereocenters. The quantitative estimate of drug-likeness (QED) is 0.624. The van der Waals surface area contributed by atoms with Gasteiger partial charge in [-0.05, 0) is 48.2 Å². The molecule has 0 aliphatic heterocycles. The maximum Gasteiger partial charge on any atom is 0.271 e. The van der Waals surface area contributed by atoms with E-state index in [0.29, 0.717) is 11.3 Å². The smallest absolute Gasteiger partial charge is 0.271 e. The van der Waals surface area contributed by atoms with Crippen LogP contribution >= 0.6 is 0 Å². The van der Waals surface area contributed by atoms with Crippen molar-refractivity contribution >= 4 is 12.1 Å². The number of hydrogen-bond donors (Lipinski definition) is 1. The van der Waals surface area contributed by atoms with Crippen LogP contribution in [0.2, 0.25) is 0 Å². The molecule has 0 saturated carbocycles. The van der Waals surface area contributed by atoms with Crippen molar-refractivity contribution in [3.05, 3.63) is 65.2 Å². The molecule has 120 valence electrons. The van der Waals surface area contributed by atoms with E-state index in [0.717, 1.165) is 12.0 Å². The Balaban J connectivity index is 1.88. The number of rotatable bonds is 7. The van der Waals surface area contributed by atoms with E-state index >= 15 is 0 Å². The Morgan fingerprint density at radius 1 is 1.13 bits per heavy atom. The van der Waals surface area contributed by atoms with Crippen LogP contribution < -0.4 is 10.2 Å². The van der Waals surface area contributed by atoms with Gasteiger partial charge in [-0.3, -0.25) is 4.79 Å². The van der Waals surface area contributed by atoms with Gasteiger partial charge in [-0.1, -0.05) is 37.6 Å². The number of nitrogens with zero attached hydrogens (tertiary/aromatic N) is 1.